The maximum Gasteiger partial charge on any atom is 0.317 e. The quantitative estimate of drug-likeness (QED) is 0.158. The van der Waals surface area contributed by atoms with E-state index < -0.39 is 5.97 Å². The minimum Gasteiger partial charge on any atom is -0.489 e. The van der Waals surface area contributed by atoms with Crippen LogP contribution in [0.3, 0.4) is 0 Å². The molecule has 0 fully saturated rings. The van der Waals surface area contributed by atoms with E-state index in [1.165, 1.54) is 48.1 Å². The molecule has 0 atom stereocenters. The van der Waals surface area contributed by atoms with Crippen molar-refractivity contribution in [2.75, 3.05) is 6.54 Å². The van der Waals surface area contributed by atoms with Gasteiger partial charge in [0.05, 0.1) is 30.0 Å². The number of carboxylic acids is 1. The van der Waals surface area contributed by atoms with Gasteiger partial charge < -0.3 is 9.84 Å². The van der Waals surface area contributed by atoms with E-state index in [9.17, 15) is 9.90 Å². The molecule has 2 aromatic heterocycles. The number of carboxylic acid groups (broad SMARTS) is 1. The van der Waals surface area contributed by atoms with Crippen LogP contribution in [-0.2, 0) is 24.5 Å². The van der Waals surface area contributed by atoms with Crippen LogP contribution in [0.15, 0.2) is 58.7 Å². The summed E-state index contributed by atoms with van der Waals surface area (Å²) in [4.78, 5) is 22.3. The number of carbonyl (C=O) groups is 1. The first-order chi connectivity index (χ1) is 18.9. The van der Waals surface area contributed by atoms with E-state index in [0.717, 1.165) is 33.3 Å². The fourth-order valence-electron chi connectivity index (χ4n) is 4.84. The van der Waals surface area contributed by atoms with Crippen molar-refractivity contribution in [1.29, 1.82) is 0 Å². The van der Waals surface area contributed by atoms with Crippen LogP contribution in [0, 0.1) is 6.92 Å². The van der Waals surface area contributed by atoms with Crippen molar-refractivity contribution in [3.8, 4) is 17.0 Å². The van der Waals surface area contributed by atoms with E-state index in [-0.39, 0.29) is 6.54 Å². The molecule has 39 heavy (non-hydrogen) atoms. The summed E-state index contributed by atoms with van der Waals surface area (Å²) < 4.78 is 6.12. The molecule has 0 spiro atoms. The van der Waals surface area contributed by atoms with E-state index in [1.807, 2.05) is 21.7 Å². The summed E-state index contributed by atoms with van der Waals surface area (Å²) in [6, 6.07) is 15.0. The summed E-state index contributed by atoms with van der Waals surface area (Å²) in [5.74, 6) is 0.623. The van der Waals surface area contributed by atoms with Crippen LogP contribution in [0.2, 0.25) is 0 Å². The Morgan fingerprint density at radius 1 is 1.05 bits per heavy atom. The molecule has 4 aromatic rings. The highest BCUT2D eigenvalue weighted by Gasteiger charge is 2.16. The molecule has 4 rings (SSSR count). The van der Waals surface area contributed by atoms with E-state index in [0.29, 0.717) is 25.6 Å². The number of aryl methyl sites for hydroxylation is 1. The summed E-state index contributed by atoms with van der Waals surface area (Å²) in [7, 11) is 0. The topological polar surface area (TPSA) is 75.5 Å². The molecular formula is C31H37N3O3S2. The molecule has 0 saturated carbocycles. The van der Waals surface area contributed by atoms with Crippen LogP contribution >= 0.6 is 22.7 Å². The third-order valence-electron chi connectivity index (χ3n) is 6.74. The highest BCUT2D eigenvalue weighted by atomic mass is 32.1. The second kappa shape index (κ2) is 14.4. The van der Waals surface area contributed by atoms with E-state index in [2.05, 4.69) is 62.2 Å². The molecule has 0 aliphatic rings. The maximum atomic E-state index is 11.4. The first kappa shape index (κ1) is 28.9. The van der Waals surface area contributed by atoms with Crippen molar-refractivity contribution in [2.45, 2.75) is 72.1 Å². The van der Waals surface area contributed by atoms with Gasteiger partial charge in [-0.05, 0) is 60.6 Å². The number of benzene rings is 2. The van der Waals surface area contributed by atoms with E-state index in [1.54, 1.807) is 16.8 Å². The monoisotopic (exact) mass is 563 g/mol. The Morgan fingerprint density at radius 3 is 2.46 bits per heavy atom. The summed E-state index contributed by atoms with van der Waals surface area (Å²) in [6.07, 6.45) is 4.90. The molecule has 6 nitrogen and oxygen atoms in total. The van der Waals surface area contributed by atoms with Gasteiger partial charge in [-0.3, -0.25) is 9.69 Å². The Kier molecular flexibility index (Phi) is 10.6. The normalized spacial score (nSPS) is 11.4. The summed E-state index contributed by atoms with van der Waals surface area (Å²) in [5.41, 5.74) is 8.27. The molecular weight excluding hydrogens is 526 g/mol. The minimum atomic E-state index is -0.860. The number of nitrogens with zero attached hydrogens (tertiary/aromatic N) is 3. The number of rotatable bonds is 15. The zero-order valence-electron chi connectivity index (χ0n) is 22.9. The lowest BCUT2D eigenvalue weighted by Crippen LogP contribution is -2.29. The van der Waals surface area contributed by atoms with Crippen LogP contribution in [0.1, 0.15) is 72.8 Å². The first-order valence-electron chi connectivity index (χ1n) is 13.5. The second-order valence-electron chi connectivity index (χ2n) is 9.93. The average molecular weight is 564 g/mol. The second-order valence-corrected chi connectivity index (χ2v) is 11.6. The van der Waals surface area contributed by atoms with Crippen molar-refractivity contribution in [3.63, 3.8) is 0 Å². The number of thiazole rings is 2. The van der Waals surface area contributed by atoms with Crippen molar-refractivity contribution in [2.24, 2.45) is 0 Å². The van der Waals surface area contributed by atoms with Gasteiger partial charge in [-0.15, -0.1) is 22.7 Å². The molecule has 0 bridgehead atoms. The van der Waals surface area contributed by atoms with Crippen molar-refractivity contribution in [3.05, 3.63) is 86.1 Å². The highest BCUT2D eigenvalue weighted by molar-refractivity contribution is 7.10. The standard InChI is InChI=1S/C31H37N3O3S2/c1-4-6-24(7-5-2)25-10-8-23(9-11-25)18-37-27-12-13-28(22(3)14-27)29-20-39-30(33-29)16-34(17-31(35)36)15-26-19-38-21-32-26/h8-14,19-21,24H,4-7,15-18H2,1-3H3,(H,35,36). The Labute approximate surface area is 239 Å². The molecule has 0 saturated heterocycles. The SMILES string of the molecule is CCCC(CCC)c1ccc(COc2ccc(-c3csc(CN(CC(=O)O)Cc4cscn4)n3)c(C)c2)cc1. The zero-order chi connectivity index (χ0) is 27.6. The Morgan fingerprint density at radius 2 is 1.82 bits per heavy atom. The van der Waals surface area contributed by atoms with Gasteiger partial charge in [0.1, 0.15) is 17.4 Å². The zero-order valence-corrected chi connectivity index (χ0v) is 24.6. The average Bonchev–Trinajstić information content (AvgIpc) is 3.60. The van der Waals surface area contributed by atoms with Crippen LogP contribution in [0.4, 0.5) is 0 Å². The lowest BCUT2D eigenvalue weighted by Gasteiger charge is -2.17. The van der Waals surface area contributed by atoms with Crippen LogP contribution in [0.5, 0.6) is 5.75 Å². The van der Waals surface area contributed by atoms with Gasteiger partial charge >= 0.3 is 5.97 Å². The van der Waals surface area contributed by atoms with Gasteiger partial charge in [0.15, 0.2) is 0 Å². The van der Waals surface area contributed by atoms with Crippen molar-refractivity contribution < 1.29 is 14.6 Å². The molecule has 206 valence electrons. The maximum absolute atomic E-state index is 11.4. The van der Waals surface area contributed by atoms with E-state index in [4.69, 9.17) is 9.72 Å². The number of aromatic nitrogens is 2. The third kappa shape index (κ3) is 8.46. The predicted octanol–water partition coefficient (Wildman–Crippen LogP) is 7.92. The Hall–Kier alpha value is -3.07. The van der Waals surface area contributed by atoms with Crippen molar-refractivity contribution in [1.82, 2.24) is 14.9 Å². The molecule has 0 aliphatic carbocycles. The Bertz CT molecular complexity index is 1310. The van der Waals surface area contributed by atoms with Gasteiger partial charge in [0.2, 0.25) is 0 Å². The molecule has 0 amide bonds. The molecule has 2 heterocycles. The van der Waals surface area contributed by atoms with Gasteiger partial charge in [-0.2, -0.15) is 0 Å². The van der Waals surface area contributed by atoms with Crippen LogP contribution in [0.25, 0.3) is 11.3 Å². The first-order valence-corrected chi connectivity index (χ1v) is 15.4. The molecule has 2 aromatic carbocycles. The van der Waals surface area contributed by atoms with Crippen molar-refractivity contribution >= 4 is 28.6 Å². The minimum absolute atomic E-state index is 0.0573. The van der Waals surface area contributed by atoms with Crippen LogP contribution < -0.4 is 4.74 Å². The van der Waals surface area contributed by atoms with Gasteiger partial charge in [0, 0.05) is 22.9 Å². The Balaban J connectivity index is 1.37. The lowest BCUT2D eigenvalue weighted by molar-refractivity contribution is -0.138. The molecule has 8 heteroatoms. The van der Waals surface area contributed by atoms with Crippen LogP contribution in [-0.4, -0.2) is 32.5 Å². The molecule has 0 unspecified atom stereocenters. The summed E-state index contributed by atoms with van der Waals surface area (Å²) in [6.45, 7) is 8.00. The summed E-state index contributed by atoms with van der Waals surface area (Å²) >= 11 is 3.06. The third-order valence-corrected chi connectivity index (χ3v) is 8.21. The predicted molar refractivity (Wildman–Crippen MR) is 159 cm³/mol. The lowest BCUT2D eigenvalue weighted by atomic mass is 9.90. The summed E-state index contributed by atoms with van der Waals surface area (Å²) in [5, 5.41) is 14.2. The number of ether oxygens (including phenoxy) is 1. The molecule has 1 N–H and O–H groups in total. The molecule has 0 radical (unpaired) electrons. The van der Waals surface area contributed by atoms with E-state index >= 15 is 0 Å². The number of aliphatic carboxylic acids is 1. The number of hydrogen-bond acceptors (Lipinski definition) is 7. The molecule has 0 aliphatic heterocycles. The highest BCUT2D eigenvalue weighted by Crippen LogP contribution is 2.30. The largest absolute Gasteiger partial charge is 0.489 e. The number of hydrogen-bond donors (Lipinski definition) is 1. The smallest absolute Gasteiger partial charge is 0.317 e. The van der Waals surface area contributed by atoms with Gasteiger partial charge in [-0.1, -0.05) is 51.0 Å². The fourth-order valence-corrected chi connectivity index (χ4v) is 6.23. The fraction of sp³-hybridized carbons (Fsp3) is 0.387. The van der Waals surface area contributed by atoms with Gasteiger partial charge in [-0.25, -0.2) is 9.97 Å². The van der Waals surface area contributed by atoms with Gasteiger partial charge in [0.25, 0.3) is 0 Å².